The normalized spacial score (nSPS) is 11.8. The first kappa shape index (κ1) is 34.2. The van der Waals surface area contributed by atoms with Gasteiger partial charge in [-0.15, -0.1) is 0 Å². The first-order valence-corrected chi connectivity index (χ1v) is 16.2. The molecule has 4 aromatic carbocycles. The van der Waals surface area contributed by atoms with Gasteiger partial charge in [-0.1, -0.05) is 55.5 Å². The molecule has 7 heteroatoms. The fourth-order valence-corrected chi connectivity index (χ4v) is 5.83. The lowest BCUT2D eigenvalue weighted by Crippen LogP contribution is -2.21. The molecule has 0 bridgehead atoms. The summed E-state index contributed by atoms with van der Waals surface area (Å²) in [4.78, 5) is 24.1. The zero-order chi connectivity index (χ0) is 34.4. The summed E-state index contributed by atoms with van der Waals surface area (Å²) in [6.07, 6.45) is 0.867. The molecule has 48 heavy (non-hydrogen) atoms. The van der Waals surface area contributed by atoms with Gasteiger partial charge in [-0.3, -0.25) is 0 Å². The van der Waals surface area contributed by atoms with Gasteiger partial charge in [0.1, 0.15) is 28.8 Å². The van der Waals surface area contributed by atoms with Gasteiger partial charge in [0, 0.05) is 53.3 Å². The Hall–Kier alpha value is -5.14. The molecule has 248 valence electrons. The van der Waals surface area contributed by atoms with Gasteiger partial charge >= 0.3 is 11.3 Å². The van der Waals surface area contributed by atoms with Gasteiger partial charge < -0.3 is 23.0 Å². The average molecular weight is 647 g/mol. The maximum Gasteiger partial charge on any atom is 0.336 e. The Morgan fingerprint density at radius 3 is 1.81 bits per heavy atom. The van der Waals surface area contributed by atoms with Crippen LogP contribution in [0.5, 0.6) is 11.5 Å². The third-order valence-corrected chi connectivity index (χ3v) is 8.08. The third kappa shape index (κ3) is 7.86. The van der Waals surface area contributed by atoms with E-state index >= 15 is 0 Å². The molecule has 0 fully saturated rings. The van der Waals surface area contributed by atoms with Crippen LogP contribution >= 0.6 is 0 Å². The van der Waals surface area contributed by atoms with E-state index in [1.807, 2.05) is 108 Å². The molecule has 0 amide bonds. The Labute approximate surface area is 280 Å². The molecule has 0 radical (unpaired) electrons. The fraction of sp³-hybridized carbons (Fsp3) is 0.268. The van der Waals surface area contributed by atoms with Crippen molar-refractivity contribution in [3.05, 3.63) is 129 Å². The van der Waals surface area contributed by atoms with E-state index in [2.05, 4.69) is 0 Å². The molecule has 2 aromatic heterocycles. The highest BCUT2D eigenvalue weighted by atomic mass is 16.5. The summed E-state index contributed by atoms with van der Waals surface area (Å²) in [6.45, 7) is 12.6. The van der Waals surface area contributed by atoms with Crippen molar-refractivity contribution in [1.29, 1.82) is 0 Å². The first-order chi connectivity index (χ1) is 23.1. The second-order valence-corrected chi connectivity index (χ2v) is 12.1. The summed E-state index contributed by atoms with van der Waals surface area (Å²) < 4.78 is 27.7. The van der Waals surface area contributed by atoms with E-state index in [-0.39, 0.29) is 23.5 Å². The van der Waals surface area contributed by atoms with Crippen molar-refractivity contribution in [2.75, 3.05) is 13.7 Å². The number of methoxy groups -OCH3 is 1. The maximum absolute atomic E-state index is 12.1. The van der Waals surface area contributed by atoms with Crippen LogP contribution in [0.25, 0.3) is 44.2 Å². The Morgan fingerprint density at radius 2 is 1.21 bits per heavy atom. The summed E-state index contributed by atoms with van der Waals surface area (Å²) in [5.41, 5.74) is 7.49. The quantitative estimate of drug-likeness (QED) is 0.145. The van der Waals surface area contributed by atoms with Crippen molar-refractivity contribution >= 4 is 21.9 Å². The second-order valence-electron chi connectivity index (χ2n) is 12.1. The van der Waals surface area contributed by atoms with Crippen molar-refractivity contribution < 1.29 is 23.0 Å². The third-order valence-electron chi connectivity index (χ3n) is 8.08. The fourth-order valence-electron chi connectivity index (χ4n) is 5.83. The van der Waals surface area contributed by atoms with Gasteiger partial charge in [0.25, 0.3) is 0 Å². The van der Waals surface area contributed by atoms with E-state index in [1.165, 1.54) is 0 Å². The van der Waals surface area contributed by atoms with Crippen LogP contribution in [0.3, 0.4) is 0 Å². The van der Waals surface area contributed by atoms with Crippen LogP contribution in [0.4, 0.5) is 0 Å². The summed E-state index contributed by atoms with van der Waals surface area (Å²) in [6, 6.07) is 28.6. The zero-order valence-electron chi connectivity index (χ0n) is 28.6. The van der Waals surface area contributed by atoms with Crippen LogP contribution in [0, 0.1) is 20.8 Å². The Morgan fingerprint density at radius 1 is 0.625 bits per heavy atom. The zero-order valence-corrected chi connectivity index (χ0v) is 28.6. The van der Waals surface area contributed by atoms with Gasteiger partial charge in [-0.05, 0) is 87.1 Å². The maximum atomic E-state index is 12.1. The molecule has 0 N–H and O–H groups in total. The van der Waals surface area contributed by atoms with E-state index in [4.69, 9.17) is 23.0 Å². The van der Waals surface area contributed by atoms with Crippen LogP contribution in [0.1, 0.15) is 43.9 Å². The van der Waals surface area contributed by atoms with Crippen molar-refractivity contribution in [3.63, 3.8) is 0 Å². The Balaban J connectivity index is 0.000000188. The van der Waals surface area contributed by atoms with Crippen LogP contribution < -0.4 is 20.7 Å². The monoisotopic (exact) mass is 646 g/mol. The van der Waals surface area contributed by atoms with Gasteiger partial charge in [0.15, 0.2) is 0 Å². The lowest BCUT2D eigenvalue weighted by Gasteiger charge is -2.17. The Bertz CT molecular complexity index is 2160. The van der Waals surface area contributed by atoms with Crippen LogP contribution in [-0.4, -0.2) is 25.9 Å². The molecular formula is C41H42O7. The molecule has 6 aromatic rings. The molecular weight excluding hydrogens is 604 g/mol. The lowest BCUT2D eigenvalue weighted by molar-refractivity contribution is 0.0788. The summed E-state index contributed by atoms with van der Waals surface area (Å²) in [7, 11) is 1.65. The van der Waals surface area contributed by atoms with Crippen LogP contribution in [0.15, 0.2) is 109 Å². The minimum atomic E-state index is -0.369. The molecule has 1 atom stereocenters. The van der Waals surface area contributed by atoms with E-state index in [1.54, 1.807) is 31.4 Å². The van der Waals surface area contributed by atoms with Crippen molar-refractivity contribution in [1.82, 2.24) is 0 Å². The largest absolute Gasteiger partial charge is 0.491 e. The van der Waals surface area contributed by atoms with E-state index in [0.717, 1.165) is 61.9 Å². The average Bonchev–Trinajstić information content (AvgIpc) is 3.04. The van der Waals surface area contributed by atoms with Crippen LogP contribution in [0.2, 0.25) is 0 Å². The topological polar surface area (TPSA) is 88.1 Å². The number of aryl methyl sites for hydroxylation is 3. The van der Waals surface area contributed by atoms with E-state index in [0.29, 0.717) is 23.5 Å². The lowest BCUT2D eigenvalue weighted by atomic mass is 9.95. The minimum absolute atomic E-state index is 0.0336. The molecule has 1 unspecified atom stereocenters. The molecule has 6 rings (SSSR count). The molecule has 0 saturated heterocycles. The second kappa shape index (κ2) is 15.2. The summed E-state index contributed by atoms with van der Waals surface area (Å²) in [5.74, 6) is 1.39. The van der Waals surface area contributed by atoms with Gasteiger partial charge in [-0.25, -0.2) is 9.59 Å². The van der Waals surface area contributed by atoms with E-state index < -0.39 is 0 Å². The highest BCUT2D eigenvalue weighted by Crippen LogP contribution is 2.35. The molecule has 0 aliphatic carbocycles. The molecule has 2 heterocycles. The first-order valence-electron chi connectivity index (χ1n) is 16.2. The number of hydrogen-bond acceptors (Lipinski definition) is 7. The molecule has 0 aliphatic heterocycles. The highest BCUT2D eigenvalue weighted by molar-refractivity contribution is 5.97. The SMILES string of the molecule is CCC(COC)Oc1ccc2c(-c3ccccc3C)cc(=O)oc2c1.Cc1ccccc1-c1cc(=O)oc2cc(OC(C)C)cc(C)c12. The van der Waals surface area contributed by atoms with E-state index in [9.17, 15) is 9.59 Å². The molecule has 7 nitrogen and oxygen atoms in total. The number of rotatable bonds is 9. The van der Waals surface area contributed by atoms with Crippen molar-refractivity contribution in [3.8, 4) is 33.8 Å². The molecule has 0 aliphatic rings. The number of ether oxygens (including phenoxy) is 3. The minimum Gasteiger partial charge on any atom is -0.491 e. The molecule has 0 spiro atoms. The van der Waals surface area contributed by atoms with Crippen molar-refractivity contribution in [2.24, 2.45) is 0 Å². The number of hydrogen-bond donors (Lipinski definition) is 0. The molecule has 0 saturated carbocycles. The Kier molecular flexibility index (Phi) is 10.8. The van der Waals surface area contributed by atoms with Gasteiger partial charge in [0.05, 0.1) is 12.7 Å². The highest BCUT2D eigenvalue weighted by Gasteiger charge is 2.15. The summed E-state index contributed by atoms with van der Waals surface area (Å²) >= 11 is 0. The van der Waals surface area contributed by atoms with Gasteiger partial charge in [0.2, 0.25) is 0 Å². The standard InChI is InChI=1S/C21H22O4.C20H20O3/c1-4-15(13-23-3)24-16-9-10-18-19(12-21(22)25-20(18)11-16)17-8-6-5-7-14(17)2;1-12(2)22-15-9-14(4)20-17(11-19(21)23-18(20)10-15)16-8-6-5-7-13(16)3/h5-12,15H,4,13H2,1-3H3;5-12H,1-4H3. The van der Waals surface area contributed by atoms with Crippen LogP contribution in [-0.2, 0) is 4.74 Å². The number of fused-ring (bicyclic) bond motifs is 2. The van der Waals surface area contributed by atoms with Crippen molar-refractivity contribution in [2.45, 2.75) is 60.2 Å². The summed E-state index contributed by atoms with van der Waals surface area (Å²) in [5, 5.41) is 1.84. The smallest absolute Gasteiger partial charge is 0.336 e. The number of benzene rings is 4. The predicted molar refractivity (Wildman–Crippen MR) is 192 cm³/mol. The predicted octanol–water partition coefficient (Wildman–Crippen LogP) is 9.44. The van der Waals surface area contributed by atoms with Gasteiger partial charge in [-0.2, -0.15) is 0 Å².